The smallest absolute Gasteiger partial charge is 0.281 e. The van der Waals surface area contributed by atoms with Crippen LogP contribution in [0.3, 0.4) is 0 Å². The topological polar surface area (TPSA) is 60.2 Å². The number of carbonyl (C=O) groups excluding carboxylic acids is 1. The van der Waals surface area contributed by atoms with Crippen LogP contribution in [0.15, 0.2) is 29.6 Å². The molecular formula is C15H12ClNO3S. The van der Waals surface area contributed by atoms with Crippen LogP contribution >= 0.6 is 22.9 Å². The first-order valence-corrected chi connectivity index (χ1v) is 7.88. The summed E-state index contributed by atoms with van der Waals surface area (Å²) < 4.78 is 0. The van der Waals surface area contributed by atoms with Gasteiger partial charge in [0.05, 0.1) is 10.5 Å². The van der Waals surface area contributed by atoms with E-state index < -0.39 is 4.92 Å². The largest absolute Gasteiger partial charge is 0.293 e. The lowest BCUT2D eigenvalue weighted by molar-refractivity contribution is -0.385. The van der Waals surface area contributed by atoms with E-state index in [0.717, 1.165) is 24.8 Å². The summed E-state index contributed by atoms with van der Waals surface area (Å²) in [6.07, 6.45) is 2.66. The number of halogens is 1. The highest BCUT2D eigenvalue weighted by Crippen LogP contribution is 2.38. The average Bonchev–Trinajstić information content (AvgIpc) is 2.94. The number of rotatable bonds is 3. The second kappa shape index (κ2) is 5.58. The van der Waals surface area contributed by atoms with Crippen molar-refractivity contribution in [3.8, 4) is 0 Å². The summed E-state index contributed by atoms with van der Waals surface area (Å²) in [6, 6.07) is 6.19. The summed E-state index contributed by atoms with van der Waals surface area (Å²) in [5, 5.41) is 13.4. The van der Waals surface area contributed by atoms with E-state index in [1.807, 2.05) is 11.4 Å². The van der Waals surface area contributed by atoms with E-state index in [2.05, 4.69) is 0 Å². The van der Waals surface area contributed by atoms with E-state index in [4.69, 9.17) is 11.6 Å². The van der Waals surface area contributed by atoms with Gasteiger partial charge in [0.2, 0.25) is 0 Å². The Morgan fingerprint density at radius 2 is 2.19 bits per heavy atom. The molecule has 1 aliphatic rings. The van der Waals surface area contributed by atoms with Gasteiger partial charge in [0, 0.05) is 21.9 Å². The van der Waals surface area contributed by atoms with Crippen molar-refractivity contribution < 1.29 is 9.72 Å². The molecule has 2 aromatic rings. The zero-order chi connectivity index (χ0) is 15.0. The van der Waals surface area contributed by atoms with E-state index in [0.29, 0.717) is 0 Å². The predicted octanol–water partition coefficient (Wildman–Crippen LogP) is 4.61. The fraction of sp³-hybridized carbons (Fsp3) is 0.267. The molecule has 0 N–H and O–H groups in total. The van der Waals surface area contributed by atoms with Gasteiger partial charge in [-0.3, -0.25) is 14.9 Å². The maximum atomic E-state index is 12.8. The summed E-state index contributed by atoms with van der Waals surface area (Å²) in [6.45, 7) is 0. The summed E-state index contributed by atoms with van der Waals surface area (Å²) in [5.74, 6) is -0.461. The van der Waals surface area contributed by atoms with E-state index in [1.54, 1.807) is 11.3 Å². The minimum atomic E-state index is -0.545. The third-order valence-corrected chi connectivity index (χ3v) is 5.02. The van der Waals surface area contributed by atoms with E-state index in [9.17, 15) is 14.9 Å². The quantitative estimate of drug-likeness (QED) is 0.471. The van der Waals surface area contributed by atoms with Crippen LogP contribution in [0.4, 0.5) is 5.69 Å². The molecule has 0 fully saturated rings. The number of carbonyl (C=O) groups is 1. The van der Waals surface area contributed by atoms with Gasteiger partial charge in [-0.2, -0.15) is 0 Å². The van der Waals surface area contributed by atoms with Crippen LogP contribution in [0.25, 0.3) is 0 Å². The highest BCUT2D eigenvalue weighted by molar-refractivity contribution is 7.10. The highest BCUT2D eigenvalue weighted by atomic mass is 35.5. The Balaban J connectivity index is 2.03. The molecule has 0 radical (unpaired) electrons. The zero-order valence-corrected chi connectivity index (χ0v) is 12.6. The van der Waals surface area contributed by atoms with Gasteiger partial charge >= 0.3 is 0 Å². The monoisotopic (exact) mass is 321 g/mol. The number of benzene rings is 1. The van der Waals surface area contributed by atoms with Crippen molar-refractivity contribution in [3.05, 3.63) is 60.8 Å². The molecule has 0 saturated heterocycles. The second-order valence-electron chi connectivity index (χ2n) is 5.03. The fourth-order valence-electron chi connectivity index (χ4n) is 2.81. The van der Waals surface area contributed by atoms with Crippen molar-refractivity contribution in [3.63, 3.8) is 0 Å². The first kappa shape index (κ1) is 14.2. The number of thiophene rings is 1. The molecule has 1 aromatic heterocycles. The van der Waals surface area contributed by atoms with Crippen LogP contribution in [0, 0.1) is 10.1 Å². The van der Waals surface area contributed by atoms with Crippen LogP contribution in [-0.4, -0.2) is 10.7 Å². The molecule has 21 heavy (non-hydrogen) atoms. The molecule has 0 bridgehead atoms. The molecule has 0 aliphatic heterocycles. The number of hydrogen-bond donors (Lipinski definition) is 0. The van der Waals surface area contributed by atoms with Crippen molar-refractivity contribution in [2.45, 2.75) is 25.2 Å². The lowest BCUT2D eigenvalue weighted by atomic mass is 9.82. The number of Topliss-reactive ketones (excluding diaryl/α,β-unsaturated/α-hetero) is 1. The third kappa shape index (κ3) is 2.59. The lowest BCUT2D eigenvalue weighted by Gasteiger charge is -2.21. The molecular weight excluding hydrogens is 310 g/mol. The number of nitrogens with zero attached hydrogens (tertiary/aromatic N) is 1. The SMILES string of the molecule is O=C(c1ccc(Cl)cc1[N+](=O)[O-])C1CCCc2sccc21. The fourth-order valence-corrected chi connectivity index (χ4v) is 3.96. The Hall–Kier alpha value is -1.72. The van der Waals surface area contributed by atoms with Gasteiger partial charge in [0.15, 0.2) is 5.78 Å². The summed E-state index contributed by atoms with van der Waals surface area (Å²) in [7, 11) is 0. The molecule has 108 valence electrons. The van der Waals surface area contributed by atoms with Gasteiger partial charge < -0.3 is 0 Å². The average molecular weight is 322 g/mol. The zero-order valence-electron chi connectivity index (χ0n) is 11.0. The normalized spacial score (nSPS) is 17.3. The van der Waals surface area contributed by atoms with Crippen LogP contribution in [0.2, 0.25) is 5.02 Å². The highest BCUT2D eigenvalue weighted by Gasteiger charge is 2.31. The van der Waals surface area contributed by atoms with E-state index in [1.165, 1.54) is 23.1 Å². The first-order chi connectivity index (χ1) is 10.1. The molecule has 1 aliphatic carbocycles. The van der Waals surface area contributed by atoms with Gasteiger partial charge in [-0.15, -0.1) is 11.3 Å². The molecule has 0 spiro atoms. The number of fused-ring (bicyclic) bond motifs is 1. The van der Waals surface area contributed by atoms with Gasteiger partial charge in [0.1, 0.15) is 0 Å². The van der Waals surface area contributed by atoms with Crippen LogP contribution in [0.1, 0.15) is 39.6 Å². The van der Waals surface area contributed by atoms with Gasteiger partial charge in [-0.25, -0.2) is 0 Å². The molecule has 1 unspecified atom stereocenters. The Kier molecular flexibility index (Phi) is 3.78. The Labute approximate surface area is 130 Å². The number of nitro groups is 1. The Morgan fingerprint density at radius 3 is 2.95 bits per heavy atom. The molecule has 0 amide bonds. The Morgan fingerprint density at radius 1 is 1.38 bits per heavy atom. The summed E-state index contributed by atoms with van der Waals surface area (Å²) in [4.78, 5) is 24.6. The van der Waals surface area contributed by atoms with Gasteiger partial charge in [-0.05, 0) is 48.4 Å². The number of aryl methyl sites for hydroxylation is 1. The van der Waals surface area contributed by atoms with Crippen molar-refractivity contribution in [1.82, 2.24) is 0 Å². The molecule has 1 aromatic carbocycles. The maximum Gasteiger partial charge on any atom is 0.281 e. The molecule has 0 saturated carbocycles. The third-order valence-electron chi connectivity index (χ3n) is 3.79. The summed E-state index contributed by atoms with van der Waals surface area (Å²) >= 11 is 7.45. The molecule has 1 heterocycles. The molecule has 4 nitrogen and oxygen atoms in total. The van der Waals surface area contributed by atoms with Gasteiger partial charge in [0.25, 0.3) is 5.69 Å². The van der Waals surface area contributed by atoms with E-state index >= 15 is 0 Å². The molecule has 1 atom stereocenters. The van der Waals surface area contributed by atoms with Gasteiger partial charge in [-0.1, -0.05) is 11.6 Å². The van der Waals surface area contributed by atoms with Crippen LogP contribution < -0.4 is 0 Å². The van der Waals surface area contributed by atoms with Crippen molar-refractivity contribution >= 4 is 34.4 Å². The van der Waals surface area contributed by atoms with Crippen molar-refractivity contribution in [2.24, 2.45) is 0 Å². The minimum Gasteiger partial charge on any atom is -0.293 e. The number of nitro benzene ring substituents is 1. The van der Waals surface area contributed by atoms with Crippen molar-refractivity contribution in [2.75, 3.05) is 0 Å². The standard InChI is InChI=1S/C15H12ClNO3S/c16-9-4-5-12(13(8-9)17(19)20)15(18)11-2-1-3-14-10(11)6-7-21-14/h4-8,11H,1-3H2. The Bertz CT molecular complexity index is 725. The second-order valence-corrected chi connectivity index (χ2v) is 6.46. The number of ketones is 1. The van der Waals surface area contributed by atoms with Crippen LogP contribution in [0.5, 0.6) is 0 Å². The van der Waals surface area contributed by atoms with E-state index in [-0.39, 0.29) is 28.0 Å². The number of hydrogen-bond acceptors (Lipinski definition) is 4. The summed E-state index contributed by atoms with van der Waals surface area (Å²) in [5.41, 5.74) is 0.962. The van der Waals surface area contributed by atoms with Crippen LogP contribution in [-0.2, 0) is 6.42 Å². The molecule has 6 heteroatoms. The van der Waals surface area contributed by atoms with Crippen molar-refractivity contribution in [1.29, 1.82) is 0 Å². The minimum absolute atomic E-state index is 0.147. The predicted molar refractivity (Wildman–Crippen MR) is 82.4 cm³/mol. The molecule has 3 rings (SSSR count). The lowest BCUT2D eigenvalue weighted by Crippen LogP contribution is -2.18. The first-order valence-electron chi connectivity index (χ1n) is 6.62. The maximum absolute atomic E-state index is 12.8.